The molecule has 4 heterocycles. The summed E-state index contributed by atoms with van der Waals surface area (Å²) in [6, 6.07) is 11.8. The van der Waals surface area contributed by atoms with Crippen molar-refractivity contribution in [2.75, 3.05) is 31.1 Å². The van der Waals surface area contributed by atoms with E-state index in [-0.39, 0.29) is 11.8 Å². The van der Waals surface area contributed by atoms with Gasteiger partial charge in [0.2, 0.25) is 11.7 Å². The zero-order valence-electron chi connectivity index (χ0n) is 17.4. The summed E-state index contributed by atoms with van der Waals surface area (Å²) < 4.78 is 6.31. The summed E-state index contributed by atoms with van der Waals surface area (Å²) in [6.45, 7) is 6.76. The van der Waals surface area contributed by atoms with Crippen LogP contribution in [0, 0.1) is 0 Å². The summed E-state index contributed by atoms with van der Waals surface area (Å²) >= 11 is 1.45. The molecular weight excluding hydrogens is 412 g/mol. The second kappa shape index (κ2) is 8.07. The van der Waals surface area contributed by atoms with Gasteiger partial charge in [-0.1, -0.05) is 31.1 Å². The van der Waals surface area contributed by atoms with Crippen molar-refractivity contribution in [3.8, 4) is 11.4 Å². The van der Waals surface area contributed by atoms with E-state index in [1.807, 2.05) is 55.1 Å². The molecule has 9 heteroatoms. The Bertz CT molecular complexity index is 1180. The molecule has 0 saturated carbocycles. The Morgan fingerprint density at radius 3 is 2.55 bits per heavy atom. The number of rotatable bonds is 4. The molecule has 4 aromatic rings. The molecule has 0 radical (unpaired) electrons. The number of para-hydroxylation sites is 1. The van der Waals surface area contributed by atoms with Gasteiger partial charge in [-0.15, -0.1) is 11.3 Å². The van der Waals surface area contributed by atoms with E-state index in [1.165, 1.54) is 11.3 Å². The van der Waals surface area contributed by atoms with E-state index in [1.54, 1.807) is 6.20 Å². The van der Waals surface area contributed by atoms with Gasteiger partial charge in [-0.25, -0.2) is 9.97 Å². The minimum absolute atomic E-state index is 0.00206. The molecule has 1 aliphatic heterocycles. The molecule has 1 aromatic carbocycles. The van der Waals surface area contributed by atoms with Crippen LogP contribution in [0.3, 0.4) is 0 Å². The molecule has 0 spiro atoms. The minimum atomic E-state index is 0.00206. The highest BCUT2D eigenvalue weighted by molar-refractivity contribution is 7.20. The van der Waals surface area contributed by atoms with Crippen molar-refractivity contribution < 1.29 is 9.32 Å². The molecule has 3 aromatic heterocycles. The number of piperazine rings is 1. The number of nitrogens with zero attached hydrogens (tertiary/aromatic N) is 6. The molecule has 0 N–H and O–H groups in total. The SMILES string of the molecule is CC(C)c1nc(-c2ccc(N3CCN(C(=O)c4nc5ccccc5s4)CC3)nc2)no1. The normalized spacial score (nSPS) is 14.5. The second-order valence-electron chi connectivity index (χ2n) is 7.78. The van der Waals surface area contributed by atoms with Gasteiger partial charge in [0, 0.05) is 43.9 Å². The number of benzene rings is 1. The van der Waals surface area contributed by atoms with E-state index in [0.29, 0.717) is 29.8 Å². The summed E-state index contributed by atoms with van der Waals surface area (Å²) in [5.74, 6) is 2.24. The molecule has 31 heavy (non-hydrogen) atoms. The van der Waals surface area contributed by atoms with Crippen LogP contribution in [0.1, 0.15) is 35.5 Å². The van der Waals surface area contributed by atoms with Crippen molar-refractivity contribution in [1.82, 2.24) is 25.0 Å². The molecule has 0 aliphatic carbocycles. The maximum absolute atomic E-state index is 12.9. The average Bonchev–Trinajstić information content (AvgIpc) is 3.46. The molecule has 158 valence electrons. The third-order valence-corrected chi connectivity index (χ3v) is 6.33. The predicted octanol–water partition coefficient (Wildman–Crippen LogP) is 3.83. The van der Waals surface area contributed by atoms with Crippen molar-refractivity contribution in [1.29, 1.82) is 0 Å². The van der Waals surface area contributed by atoms with Crippen molar-refractivity contribution in [2.45, 2.75) is 19.8 Å². The molecule has 1 aliphatic rings. The fraction of sp³-hybridized carbons (Fsp3) is 0.318. The Morgan fingerprint density at radius 2 is 1.87 bits per heavy atom. The summed E-state index contributed by atoms with van der Waals surface area (Å²) in [5, 5.41) is 4.59. The van der Waals surface area contributed by atoms with Gasteiger partial charge >= 0.3 is 0 Å². The number of carbonyl (C=O) groups is 1. The lowest BCUT2D eigenvalue weighted by molar-refractivity contribution is 0.0746. The standard InChI is InChI=1S/C22H22N6O2S/c1-14(2)20-25-19(26-30-20)15-7-8-18(23-13-15)27-9-11-28(12-10-27)22(29)21-24-16-5-3-4-6-17(16)31-21/h3-8,13-14H,9-12H2,1-2H3. The van der Waals surface area contributed by atoms with Crippen LogP contribution in [-0.4, -0.2) is 57.1 Å². The average molecular weight is 435 g/mol. The number of thiazole rings is 1. The van der Waals surface area contributed by atoms with Gasteiger partial charge < -0.3 is 14.3 Å². The third-order valence-electron chi connectivity index (χ3n) is 5.31. The number of amides is 1. The van der Waals surface area contributed by atoms with Crippen LogP contribution in [0.25, 0.3) is 21.6 Å². The first-order valence-corrected chi connectivity index (χ1v) is 11.1. The Balaban J connectivity index is 1.23. The molecule has 5 rings (SSSR count). The molecule has 0 unspecified atom stereocenters. The number of aromatic nitrogens is 4. The van der Waals surface area contributed by atoms with Crippen LogP contribution in [-0.2, 0) is 0 Å². The highest BCUT2D eigenvalue weighted by Crippen LogP contribution is 2.24. The first-order valence-electron chi connectivity index (χ1n) is 10.3. The van der Waals surface area contributed by atoms with Gasteiger partial charge in [-0.05, 0) is 24.3 Å². The van der Waals surface area contributed by atoms with E-state index in [4.69, 9.17) is 4.52 Å². The fourth-order valence-electron chi connectivity index (χ4n) is 3.53. The number of pyridine rings is 1. The molecule has 1 saturated heterocycles. The van der Waals surface area contributed by atoms with Gasteiger partial charge in [-0.2, -0.15) is 4.98 Å². The van der Waals surface area contributed by atoms with Gasteiger partial charge in [0.1, 0.15) is 5.82 Å². The fourth-order valence-corrected chi connectivity index (χ4v) is 4.46. The lowest BCUT2D eigenvalue weighted by Crippen LogP contribution is -2.49. The largest absolute Gasteiger partial charge is 0.353 e. The summed E-state index contributed by atoms with van der Waals surface area (Å²) in [7, 11) is 0. The summed E-state index contributed by atoms with van der Waals surface area (Å²) in [4.78, 5) is 30.4. The van der Waals surface area contributed by atoms with E-state index in [0.717, 1.165) is 34.7 Å². The molecule has 0 bridgehead atoms. The van der Waals surface area contributed by atoms with Gasteiger partial charge in [-0.3, -0.25) is 4.79 Å². The number of hydrogen-bond donors (Lipinski definition) is 0. The Labute approximate surface area is 183 Å². The van der Waals surface area contributed by atoms with E-state index in [9.17, 15) is 4.79 Å². The topological polar surface area (TPSA) is 88.3 Å². The van der Waals surface area contributed by atoms with Crippen molar-refractivity contribution in [3.63, 3.8) is 0 Å². The van der Waals surface area contributed by atoms with Crippen LogP contribution >= 0.6 is 11.3 Å². The van der Waals surface area contributed by atoms with Crippen LogP contribution in [0.4, 0.5) is 5.82 Å². The molecular formula is C22H22N6O2S. The van der Waals surface area contributed by atoms with Gasteiger partial charge in [0.15, 0.2) is 5.01 Å². The van der Waals surface area contributed by atoms with Gasteiger partial charge in [0.25, 0.3) is 5.91 Å². The Kier molecular flexibility index (Phi) is 5.11. The number of hydrogen-bond acceptors (Lipinski definition) is 8. The van der Waals surface area contributed by atoms with Crippen LogP contribution < -0.4 is 4.90 Å². The number of fused-ring (bicyclic) bond motifs is 1. The maximum Gasteiger partial charge on any atom is 0.282 e. The first kappa shape index (κ1) is 19.6. The third kappa shape index (κ3) is 3.88. The van der Waals surface area contributed by atoms with E-state index in [2.05, 4.69) is 25.0 Å². The zero-order valence-corrected chi connectivity index (χ0v) is 18.2. The van der Waals surface area contributed by atoms with Crippen LogP contribution in [0.2, 0.25) is 0 Å². The molecule has 0 atom stereocenters. The Hall–Kier alpha value is -3.33. The minimum Gasteiger partial charge on any atom is -0.353 e. The highest BCUT2D eigenvalue weighted by atomic mass is 32.1. The maximum atomic E-state index is 12.9. The van der Waals surface area contributed by atoms with Gasteiger partial charge in [0.05, 0.1) is 10.2 Å². The van der Waals surface area contributed by atoms with Crippen molar-refractivity contribution in [3.05, 3.63) is 53.5 Å². The molecule has 1 fully saturated rings. The van der Waals surface area contributed by atoms with Crippen LogP contribution in [0.5, 0.6) is 0 Å². The van der Waals surface area contributed by atoms with Crippen molar-refractivity contribution >= 4 is 33.3 Å². The Morgan fingerprint density at radius 1 is 1.06 bits per heavy atom. The molecule has 1 amide bonds. The van der Waals surface area contributed by atoms with E-state index < -0.39 is 0 Å². The lowest BCUT2D eigenvalue weighted by atomic mass is 10.2. The number of anilines is 1. The second-order valence-corrected chi connectivity index (χ2v) is 8.81. The van der Waals surface area contributed by atoms with E-state index >= 15 is 0 Å². The summed E-state index contributed by atoms with van der Waals surface area (Å²) in [5.41, 5.74) is 1.70. The predicted molar refractivity (Wildman–Crippen MR) is 119 cm³/mol. The monoisotopic (exact) mass is 434 g/mol. The smallest absolute Gasteiger partial charge is 0.282 e. The zero-order chi connectivity index (χ0) is 21.4. The lowest BCUT2D eigenvalue weighted by Gasteiger charge is -2.35. The van der Waals surface area contributed by atoms with Crippen molar-refractivity contribution in [2.24, 2.45) is 0 Å². The summed E-state index contributed by atoms with van der Waals surface area (Å²) in [6.07, 6.45) is 1.77. The number of carbonyl (C=O) groups excluding carboxylic acids is 1. The first-order chi connectivity index (χ1) is 15.1. The highest BCUT2D eigenvalue weighted by Gasteiger charge is 2.25. The quantitative estimate of drug-likeness (QED) is 0.482. The molecule has 8 nitrogen and oxygen atoms in total. The van der Waals surface area contributed by atoms with Crippen LogP contribution in [0.15, 0.2) is 47.1 Å².